The summed E-state index contributed by atoms with van der Waals surface area (Å²) in [6.45, 7) is 1.55. The molecule has 0 unspecified atom stereocenters. The first-order chi connectivity index (χ1) is 6.44. The predicted octanol–water partition coefficient (Wildman–Crippen LogP) is 1.68. The van der Waals surface area contributed by atoms with E-state index >= 15 is 0 Å². The lowest BCUT2D eigenvalue weighted by Gasteiger charge is -2.08. The lowest BCUT2D eigenvalue weighted by Crippen LogP contribution is -2.15. The Morgan fingerprint density at radius 2 is 2.14 bits per heavy atom. The van der Waals surface area contributed by atoms with E-state index in [1.54, 1.807) is 13.0 Å². The smallest absolute Gasteiger partial charge is 0.232 e. The number of halogens is 1. The molecule has 0 saturated carbocycles. The van der Waals surface area contributed by atoms with Gasteiger partial charge in [0.15, 0.2) is 0 Å². The van der Waals surface area contributed by atoms with Crippen molar-refractivity contribution in [3.8, 4) is 0 Å². The van der Waals surface area contributed by atoms with Crippen molar-refractivity contribution in [3.05, 3.63) is 23.2 Å². The molecule has 0 aliphatic heterocycles. The van der Waals surface area contributed by atoms with Gasteiger partial charge in [0, 0.05) is 5.02 Å². The minimum absolute atomic E-state index is 0.00899. The van der Waals surface area contributed by atoms with Crippen LogP contribution in [0.15, 0.2) is 18.2 Å². The van der Waals surface area contributed by atoms with Crippen LogP contribution in [-0.4, -0.2) is 14.2 Å². The number of sulfonamides is 1. The van der Waals surface area contributed by atoms with Gasteiger partial charge in [-0.05, 0) is 25.1 Å². The first-order valence-corrected chi connectivity index (χ1v) is 6.03. The summed E-state index contributed by atoms with van der Waals surface area (Å²) in [4.78, 5) is 0. The van der Waals surface area contributed by atoms with Gasteiger partial charge in [-0.2, -0.15) is 0 Å². The van der Waals surface area contributed by atoms with Crippen LogP contribution >= 0.6 is 11.6 Å². The molecule has 1 aromatic carbocycles. The predicted molar refractivity (Wildman–Crippen MR) is 58.9 cm³/mol. The van der Waals surface area contributed by atoms with Gasteiger partial charge in [-0.3, -0.25) is 4.72 Å². The Bertz CT molecular complexity index is 431. The molecule has 78 valence electrons. The van der Waals surface area contributed by atoms with Crippen LogP contribution in [0.25, 0.3) is 0 Å². The third kappa shape index (κ3) is 2.78. The molecule has 0 amide bonds. The van der Waals surface area contributed by atoms with Gasteiger partial charge >= 0.3 is 0 Å². The van der Waals surface area contributed by atoms with Crippen LogP contribution in [-0.2, 0) is 10.0 Å². The van der Waals surface area contributed by atoms with Crippen LogP contribution in [0.5, 0.6) is 0 Å². The molecule has 0 fully saturated rings. The number of benzene rings is 1. The summed E-state index contributed by atoms with van der Waals surface area (Å²) in [6.07, 6.45) is 0. The van der Waals surface area contributed by atoms with Crippen molar-refractivity contribution in [1.29, 1.82) is 0 Å². The minimum atomic E-state index is -3.28. The second-order valence-electron chi connectivity index (χ2n) is 2.74. The van der Waals surface area contributed by atoms with E-state index in [1.165, 1.54) is 12.1 Å². The zero-order chi connectivity index (χ0) is 10.8. The van der Waals surface area contributed by atoms with Crippen molar-refractivity contribution in [1.82, 2.24) is 0 Å². The van der Waals surface area contributed by atoms with Gasteiger partial charge in [0.1, 0.15) is 0 Å². The lowest BCUT2D eigenvalue weighted by molar-refractivity contribution is 0.602. The SMILES string of the molecule is CCS(=O)(=O)Nc1ccc(Cl)cc1N. The Morgan fingerprint density at radius 1 is 1.50 bits per heavy atom. The monoisotopic (exact) mass is 234 g/mol. The van der Waals surface area contributed by atoms with E-state index in [9.17, 15) is 8.42 Å². The molecule has 4 nitrogen and oxygen atoms in total. The summed E-state index contributed by atoms with van der Waals surface area (Å²) in [6, 6.07) is 4.60. The number of nitrogen functional groups attached to an aromatic ring is 1. The van der Waals surface area contributed by atoms with Crippen LogP contribution in [0.1, 0.15) is 6.92 Å². The second-order valence-corrected chi connectivity index (χ2v) is 5.18. The van der Waals surface area contributed by atoms with Crippen LogP contribution in [0.3, 0.4) is 0 Å². The third-order valence-corrected chi connectivity index (χ3v) is 3.19. The molecular weight excluding hydrogens is 224 g/mol. The van der Waals surface area contributed by atoms with Crippen molar-refractivity contribution >= 4 is 33.0 Å². The van der Waals surface area contributed by atoms with Gasteiger partial charge < -0.3 is 5.73 Å². The standard InChI is InChI=1S/C8H11ClN2O2S/c1-2-14(12,13)11-8-4-3-6(9)5-7(8)10/h3-5,11H,2,10H2,1H3. The van der Waals surface area contributed by atoms with Gasteiger partial charge in [-0.25, -0.2) is 8.42 Å². The molecular formula is C8H11ClN2O2S. The molecule has 6 heteroatoms. The van der Waals surface area contributed by atoms with Gasteiger partial charge in [-0.15, -0.1) is 0 Å². The van der Waals surface area contributed by atoms with Gasteiger partial charge in [-0.1, -0.05) is 11.6 Å². The topological polar surface area (TPSA) is 72.2 Å². The van der Waals surface area contributed by atoms with E-state index in [2.05, 4.69) is 4.72 Å². The molecule has 0 radical (unpaired) electrons. The summed E-state index contributed by atoms with van der Waals surface area (Å²) < 4.78 is 24.8. The molecule has 0 heterocycles. The van der Waals surface area contributed by atoms with E-state index in [-0.39, 0.29) is 5.75 Å². The maximum Gasteiger partial charge on any atom is 0.232 e. The number of hydrogen-bond donors (Lipinski definition) is 2. The van der Waals surface area contributed by atoms with E-state index in [4.69, 9.17) is 17.3 Å². The molecule has 0 atom stereocenters. The minimum Gasteiger partial charge on any atom is -0.397 e. The quantitative estimate of drug-likeness (QED) is 0.782. The van der Waals surface area contributed by atoms with Crippen molar-refractivity contribution in [2.75, 3.05) is 16.2 Å². The Balaban J connectivity index is 2.99. The largest absolute Gasteiger partial charge is 0.397 e. The number of hydrogen-bond acceptors (Lipinski definition) is 3. The number of anilines is 2. The first kappa shape index (κ1) is 11.1. The summed E-state index contributed by atoms with van der Waals surface area (Å²) in [5.74, 6) is 0.00899. The van der Waals surface area contributed by atoms with Crippen molar-refractivity contribution in [3.63, 3.8) is 0 Å². The Kier molecular flexibility index (Phi) is 3.23. The zero-order valence-electron chi connectivity index (χ0n) is 7.62. The fourth-order valence-electron chi connectivity index (χ4n) is 0.866. The first-order valence-electron chi connectivity index (χ1n) is 4.00. The zero-order valence-corrected chi connectivity index (χ0v) is 9.19. The van der Waals surface area contributed by atoms with Gasteiger partial charge in [0.25, 0.3) is 0 Å². The highest BCUT2D eigenvalue weighted by Crippen LogP contribution is 2.23. The van der Waals surface area contributed by atoms with Crippen LogP contribution < -0.4 is 10.5 Å². The highest BCUT2D eigenvalue weighted by molar-refractivity contribution is 7.92. The average Bonchev–Trinajstić information content (AvgIpc) is 2.10. The molecule has 14 heavy (non-hydrogen) atoms. The number of nitrogens with two attached hydrogens (primary N) is 1. The number of rotatable bonds is 3. The molecule has 1 rings (SSSR count). The maximum atomic E-state index is 11.2. The highest BCUT2D eigenvalue weighted by atomic mass is 35.5. The van der Waals surface area contributed by atoms with Gasteiger partial charge in [0.2, 0.25) is 10.0 Å². The van der Waals surface area contributed by atoms with Crippen molar-refractivity contribution in [2.45, 2.75) is 6.92 Å². The molecule has 0 saturated heterocycles. The second kappa shape index (κ2) is 4.06. The van der Waals surface area contributed by atoms with Crippen molar-refractivity contribution < 1.29 is 8.42 Å². The molecule has 3 N–H and O–H groups in total. The Hall–Kier alpha value is -0.940. The Morgan fingerprint density at radius 3 is 2.64 bits per heavy atom. The normalized spacial score (nSPS) is 11.3. The molecule has 0 aromatic heterocycles. The summed E-state index contributed by atoms with van der Waals surface area (Å²) in [5, 5.41) is 0.474. The molecule has 1 aromatic rings. The van der Waals surface area contributed by atoms with Gasteiger partial charge in [0.05, 0.1) is 17.1 Å². The Labute approximate surface area is 88.1 Å². The lowest BCUT2D eigenvalue weighted by atomic mass is 10.3. The fourth-order valence-corrected chi connectivity index (χ4v) is 1.71. The van der Waals surface area contributed by atoms with Crippen LogP contribution in [0.4, 0.5) is 11.4 Å². The van der Waals surface area contributed by atoms with E-state index in [1.807, 2.05) is 0 Å². The number of nitrogens with one attached hydrogen (secondary N) is 1. The fraction of sp³-hybridized carbons (Fsp3) is 0.250. The van der Waals surface area contributed by atoms with E-state index in [0.717, 1.165) is 0 Å². The molecule has 0 aliphatic carbocycles. The van der Waals surface area contributed by atoms with E-state index in [0.29, 0.717) is 16.4 Å². The third-order valence-electron chi connectivity index (χ3n) is 1.66. The molecule has 0 aliphatic rings. The maximum absolute atomic E-state index is 11.2. The summed E-state index contributed by atoms with van der Waals surface area (Å²) >= 11 is 5.66. The molecule has 0 spiro atoms. The average molecular weight is 235 g/mol. The highest BCUT2D eigenvalue weighted by Gasteiger charge is 2.08. The summed E-state index contributed by atoms with van der Waals surface area (Å²) in [7, 11) is -3.28. The summed E-state index contributed by atoms with van der Waals surface area (Å²) in [5.41, 5.74) is 6.24. The molecule has 0 bridgehead atoms. The van der Waals surface area contributed by atoms with Crippen molar-refractivity contribution in [2.24, 2.45) is 0 Å². The van der Waals surface area contributed by atoms with Crippen LogP contribution in [0.2, 0.25) is 5.02 Å². The van der Waals surface area contributed by atoms with E-state index < -0.39 is 10.0 Å². The van der Waals surface area contributed by atoms with Crippen LogP contribution in [0, 0.1) is 0 Å².